The topological polar surface area (TPSA) is 43.4 Å². The van der Waals surface area contributed by atoms with Gasteiger partial charge in [0.2, 0.25) is 0 Å². The van der Waals surface area contributed by atoms with Crippen LogP contribution >= 0.6 is 11.6 Å². The van der Waals surface area contributed by atoms with Crippen LogP contribution in [0, 0.1) is 0 Å². The van der Waals surface area contributed by atoms with Crippen molar-refractivity contribution in [2.24, 2.45) is 0 Å². The molecule has 2 aromatic rings. The number of rotatable bonds is 3. The van der Waals surface area contributed by atoms with Gasteiger partial charge in [-0.05, 0) is 18.2 Å². The van der Waals surface area contributed by atoms with Gasteiger partial charge in [0.15, 0.2) is 5.78 Å². The van der Waals surface area contributed by atoms with E-state index in [2.05, 4.69) is 4.74 Å². The summed E-state index contributed by atoms with van der Waals surface area (Å²) in [5.41, 5.74) is 0.946. The van der Waals surface area contributed by atoms with Crippen molar-refractivity contribution in [3.63, 3.8) is 0 Å². The molecule has 0 unspecified atom stereocenters. The average molecular weight is 275 g/mol. The zero-order valence-electron chi connectivity index (χ0n) is 10.2. The summed E-state index contributed by atoms with van der Waals surface area (Å²) in [7, 11) is 1.27. The minimum atomic E-state index is -0.559. The largest absolute Gasteiger partial charge is 0.465 e. The summed E-state index contributed by atoms with van der Waals surface area (Å²) in [6, 6.07) is 13.2. The van der Waals surface area contributed by atoms with Crippen molar-refractivity contribution >= 4 is 23.4 Å². The van der Waals surface area contributed by atoms with E-state index in [-0.39, 0.29) is 16.9 Å². The molecule has 4 heteroatoms. The van der Waals surface area contributed by atoms with Crippen LogP contribution in [0.3, 0.4) is 0 Å². The van der Waals surface area contributed by atoms with E-state index < -0.39 is 5.97 Å². The van der Waals surface area contributed by atoms with Crippen molar-refractivity contribution in [3.05, 3.63) is 70.2 Å². The quantitative estimate of drug-likeness (QED) is 0.637. The summed E-state index contributed by atoms with van der Waals surface area (Å²) in [5, 5.41) is 0.395. The fourth-order valence-corrected chi connectivity index (χ4v) is 1.91. The molecule has 0 aliphatic rings. The van der Waals surface area contributed by atoms with Crippen LogP contribution in [0.4, 0.5) is 0 Å². The molecule has 2 rings (SSSR count). The number of hydrogen-bond donors (Lipinski definition) is 0. The number of benzene rings is 2. The predicted molar refractivity (Wildman–Crippen MR) is 72.7 cm³/mol. The fraction of sp³-hybridized carbons (Fsp3) is 0.0667. The second-order valence-corrected chi connectivity index (χ2v) is 4.31. The molecule has 0 N–H and O–H groups in total. The van der Waals surface area contributed by atoms with Gasteiger partial charge in [0.05, 0.1) is 12.7 Å². The lowest BCUT2D eigenvalue weighted by atomic mass is 9.98. The highest BCUT2D eigenvalue weighted by Gasteiger charge is 2.19. The molecule has 0 aromatic heterocycles. The number of carbonyl (C=O) groups excluding carboxylic acids is 2. The summed E-state index contributed by atoms with van der Waals surface area (Å²) >= 11 is 5.89. The van der Waals surface area contributed by atoms with E-state index in [1.807, 2.05) is 6.07 Å². The van der Waals surface area contributed by atoms with Gasteiger partial charge < -0.3 is 4.74 Å². The monoisotopic (exact) mass is 274 g/mol. The normalized spacial score (nSPS) is 10.0. The molecule has 96 valence electrons. The molecule has 0 radical (unpaired) electrons. The Labute approximate surface area is 115 Å². The molecule has 0 fully saturated rings. The summed E-state index contributed by atoms with van der Waals surface area (Å²) in [4.78, 5) is 24.0. The van der Waals surface area contributed by atoms with Gasteiger partial charge in [0.1, 0.15) is 0 Å². The molecule has 19 heavy (non-hydrogen) atoms. The average Bonchev–Trinajstić information content (AvgIpc) is 2.46. The van der Waals surface area contributed by atoms with Crippen LogP contribution < -0.4 is 0 Å². The van der Waals surface area contributed by atoms with Crippen LogP contribution in [0.1, 0.15) is 26.3 Å². The van der Waals surface area contributed by atoms with E-state index >= 15 is 0 Å². The van der Waals surface area contributed by atoms with E-state index in [4.69, 9.17) is 11.6 Å². The Morgan fingerprint density at radius 2 is 1.68 bits per heavy atom. The molecule has 0 aliphatic carbocycles. The number of methoxy groups -OCH3 is 1. The lowest BCUT2D eigenvalue weighted by Crippen LogP contribution is -2.11. The van der Waals surface area contributed by atoms with Crippen LogP contribution in [0.15, 0.2) is 48.5 Å². The summed E-state index contributed by atoms with van der Waals surface area (Å²) in [6.45, 7) is 0. The number of hydrogen-bond acceptors (Lipinski definition) is 3. The van der Waals surface area contributed by atoms with Gasteiger partial charge in [-0.3, -0.25) is 4.79 Å². The lowest BCUT2D eigenvalue weighted by molar-refractivity contribution is 0.0597. The van der Waals surface area contributed by atoms with E-state index in [1.165, 1.54) is 19.2 Å². The van der Waals surface area contributed by atoms with Crippen molar-refractivity contribution in [1.29, 1.82) is 0 Å². The van der Waals surface area contributed by atoms with Gasteiger partial charge in [-0.1, -0.05) is 41.9 Å². The highest BCUT2D eigenvalue weighted by molar-refractivity contribution is 6.31. The number of ketones is 1. The third-order valence-electron chi connectivity index (χ3n) is 2.67. The highest BCUT2D eigenvalue weighted by atomic mass is 35.5. The fourth-order valence-electron chi connectivity index (χ4n) is 1.74. The third kappa shape index (κ3) is 2.83. The zero-order chi connectivity index (χ0) is 13.8. The second-order valence-electron chi connectivity index (χ2n) is 3.88. The van der Waals surface area contributed by atoms with Crippen LogP contribution in [0.2, 0.25) is 5.02 Å². The molecular weight excluding hydrogens is 264 g/mol. The zero-order valence-corrected chi connectivity index (χ0v) is 11.0. The van der Waals surface area contributed by atoms with Gasteiger partial charge in [-0.25, -0.2) is 4.79 Å². The van der Waals surface area contributed by atoms with Crippen LogP contribution in [0.5, 0.6) is 0 Å². The Balaban J connectivity index is 2.52. The smallest absolute Gasteiger partial charge is 0.338 e. The molecule has 0 heterocycles. The van der Waals surface area contributed by atoms with Crippen LogP contribution in [-0.4, -0.2) is 18.9 Å². The standard InChI is InChI=1S/C15H11ClO3/c1-19-15(18)12-8-7-11(16)9-13(12)14(17)10-5-3-2-4-6-10/h2-9H,1H3. The molecule has 3 nitrogen and oxygen atoms in total. The third-order valence-corrected chi connectivity index (χ3v) is 2.90. The molecule has 0 bridgehead atoms. The molecule has 0 atom stereocenters. The number of ether oxygens (including phenoxy) is 1. The first kappa shape index (κ1) is 13.3. The summed E-state index contributed by atoms with van der Waals surface area (Å²) in [5.74, 6) is -0.820. The first-order valence-electron chi connectivity index (χ1n) is 5.61. The Bertz CT molecular complexity index is 621. The first-order valence-corrected chi connectivity index (χ1v) is 5.99. The predicted octanol–water partition coefficient (Wildman–Crippen LogP) is 3.36. The Morgan fingerprint density at radius 3 is 2.32 bits per heavy atom. The Kier molecular flexibility index (Phi) is 3.97. The maximum absolute atomic E-state index is 12.4. The molecule has 0 spiro atoms. The maximum atomic E-state index is 12.4. The maximum Gasteiger partial charge on any atom is 0.338 e. The van der Waals surface area contributed by atoms with Gasteiger partial charge in [0, 0.05) is 16.1 Å². The highest BCUT2D eigenvalue weighted by Crippen LogP contribution is 2.20. The number of carbonyl (C=O) groups is 2. The SMILES string of the molecule is COC(=O)c1ccc(Cl)cc1C(=O)c1ccccc1. The van der Waals surface area contributed by atoms with Crippen molar-refractivity contribution in [1.82, 2.24) is 0 Å². The van der Waals surface area contributed by atoms with Crippen LogP contribution in [0.25, 0.3) is 0 Å². The molecule has 0 amide bonds. The first-order chi connectivity index (χ1) is 9.13. The number of esters is 1. The van der Waals surface area contributed by atoms with Crippen LogP contribution in [-0.2, 0) is 4.74 Å². The van der Waals surface area contributed by atoms with Gasteiger partial charge in [0.25, 0.3) is 0 Å². The minimum Gasteiger partial charge on any atom is -0.465 e. The van der Waals surface area contributed by atoms with Gasteiger partial charge >= 0.3 is 5.97 Å². The van der Waals surface area contributed by atoms with E-state index in [0.717, 1.165) is 0 Å². The van der Waals surface area contributed by atoms with E-state index in [0.29, 0.717) is 10.6 Å². The summed E-state index contributed by atoms with van der Waals surface area (Å²) in [6.07, 6.45) is 0. The van der Waals surface area contributed by atoms with E-state index in [1.54, 1.807) is 30.3 Å². The van der Waals surface area contributed by atoms with Gasteiger partial charge in [-0.2, -0.15) is 0 Å². The Morgan fingerprint density at radius 1 is 1.00 bits per heavy atom. The molecule has 2 aromatic carbocycles. The second kappa shape index (κ2) is 5.67. The molecule has 0 aliphatic heterocycles. The summed E-state index contributed by atoms with van der Waals surface area (Å²) < 4.78 is 4.67. The van der Waals surface area contributed by atoms with E-state index in [9.17, 15) is 9.59 Å². The lowest BCUT2D eigenvalue weighted by Gasteiger charge is -2.07. The Hall–Kier alpha value is -2.13. The number of halogens is 1. The minimum absolute atomic E-state index is 0.209. The van der Waals surface area contributed by atoms with Gasteiger partial charge in [-0.15, -0.1) is 0 Å². The molecule has 0 saturated heterocycles. The van der Waals surface area contributed by atoms with Crippen molar-refractivity contribution in [2.45, 2.75) is 0 Å². The molecule has 0 saturated carbocycles. The molecular formula is C15H11ClO3. The van der Waals surface area contributed by atoms with Crippen molar-refractivity contribution in [3.8, 4) is 0 Å². The van der Waals surface area contributed by atoms with Crippen molar-refractivity contribution < 1.29 is 14.3 Å². The van der Waals surface area contributed by atoms with Crippen molar-refractivity contribution in [2.75, 3.05) is 7.11 Å².